The van der Waals surface area contributed by atoms with Crippen LogP contribution < -0.4 is 0 Å². The molecule has 0 aliphatic carbocycles. The van der Waals surface area contributed by atoms with Gasteiger partial charge in [-0.15, -0.1) is 54.1 Å². The molecule has 203 valence electrons. The van der Waals surface area contributed by atoms with Gasteiger partial charge in [-0.3, -0.25) is 4.98 Å². The van der Waals surface area contributed by atoms with Crippen molar-refractivity contribution in [1.29, 1.82) is 0 Å². The predicted octanol–water partition coefficient (Wildman–Crippen LogP) is 9.00. The van der Waals surface area contributed by atoms with E-state index in [0.29, 0.717) is 5.92 Å². The number of para-hydroxylation sites is 2. The summed E-state index contributed by atoms with van der Waals surface area (Å²) in [7, 11) is 0. The number of hydrogen-bond acceptors (Lipinski definition) is 3. The first-order chi connectivity index (χ1) is 19.7. The van der Waals surface area contributed by atoms with Crippen LogP contribution >= 0.6 is 0 Å². The molecule has 0 spiro atoms. The van der Waals surface area contributed by atoms with Crippen molar-refractivity contribution in [2.24, 2.45) is 5.92 Å². The molecule has 0 amide bonds. The fourth-order valence-electron chi connectivity index (χ4n) is 5.57. The molecule has 4 nitrogen and oxygen atoms in total. The number of pyridine rings is 1. The summed E-state index contributed by atoms with van der Waals surface area (Å²) < 4.78 is 8.27. The Hall–Kier alpha value is -4.31. The fourth-order valence-corrected chi connectivity index (χ4v) is 5.57. The average molecular weight is 710 g/mol. The van der Waals surface area contributed by atoms with Gasteiger partial charge in [0.05, 0.1) is 22.4 Å². The number of nitrogens with zero attached hydrogens (tertiary/aromatic N) is 3. The number of aromatic nitrogens is 3. The number of fused-ring (bicyclic) bond motifs is 3. The van der Waals surface area contributed by atoms with E-state index < -0.39 is 0 Å². The van der Waals surface area contributed by atoms with Gasteiger partial charge in [-0.2, -0.15) is 0 Å². The Labute approximate surface area is 252 Å². The summed E-state index contributed by atoms with van der Waals surface area (Å²) in [5.41, 5.74) is 9.68. The van der Waals surface area contributed by atoms with Gasteiger partial charge in [-0.05, 0) is 35.4 Å². The van der Waals surface area contributed by atoms with Crippen molar-refractivity contribution in [3.8, 4) is 22.6 Å². The molecule has 1 radical (unpaired) electrons. The molecule has 5 heteroatoms. The van der Waals surface area contributed by atoms with Crippen molar-refractivity contribution in [2.75, 3.05) is 0 Å². The quantitative estimate of drug-likeness (QED) is 0.172. The largest absolute Gasteiger partial charge is 0.501 e. The maximum absolute atomic E-state index is 5.97. The molecule has 8 rings (SSSR count). The Balaban J connectivity index is 0.000000145. The Morgan fingerprint density at radius 2 is 1.68 bits per heavy atom. The van der Waals surface area contributed by atoms with Crippen LogP contribution in [-0.2, 0) is 26.7 Å². The summed E-state index contributed by atoms with van der Waals surface area (Å²) in [6, 6.07) is 38.9. The predicted molar refractivity (Wildman–Crippen MR) is 163 cm³/mol. The first kappa shape index (κ1) is 26.9. The van der Waals surface area contributed by atoms with Gasteiger partial charge in [0.15, 0.2) is 0 Å². The van der Waals surface area contributed by atoms with Gasteiger partial charge in [-0.25, -0.2) is 0 Å². The van der Waals surface area contributed by atoms with Gasteiger partial charge in [-0.1, -0.05) is 73.3 Å². The summed E-state index contributed by atoms with van der Waals surface area (Å²) >= 11 is 0. The van der Waals surface area contributed by atoms with E-state index >= 15 is 0 Å². The molecule has 0 saturated carbocycles. The number of furan rings is 1. The van der Waals surface area contributed by atoms with Crippen LogP contribution in [-0.4, -0.2) is 14.5 Å². The number of benzene rings is 4. The Kier molecular flexibility index (Phi) is 7.40. The molecule has 0 atom stereocenters. The number of imidazole rings is 1. The van der Waals surface area contributed by atoms with E-state index in [4.69, 9.17) is 9.40 Å². The van der Waals surface area contributed by atoms with E-state index in [1.165, 1.54) is 16.7 Å². The fraction of sp³-hybridized carbons (Fsp3) is 0.111. The molecule has 3 aromatic heterocycles. The first-order valence-electron chi connectivity index (χ1n) is 13.6. The molecule has 1 aliphatic heterocycles. The zero-order chi connectivity index (χ0) is 27.1. The Morgan fingerprint density at radius 3 is 2.49 bits per heavy atom. The van der Waals surface area contributed by atoms with E-state index in [0.717, 1.165) is 56.6 Å². The maximum atomic E-state index is 5.97. The van der Waals surface area contributed by atoms with Gasteiger partial charge in [0.25, 0.3) is 0 Å². The minimum absolute atomic E-state index is 0. The van der Waals surface area contributed by atoms with Crippen LogP contribution in [0.15, 0.2) is 114 Å². The molecule has 0 unspecified atom stereocenters. The second kappa shape index (κ2) is 11.3. The maximum Gasteiger partial charge on any atom is 0.120 e. The van der Waals surface area contributed by atoms with E-state index in [2.05, 4.69) is 71.9 Å². The van der Waals surface area contributed by atoms with Crippen LogP contribution in [0.25, 0.3) is 61.2 Å². The normalized spacial score (nSPS) is 12.2. The van der Waals surface area contributed by atoms with Gasteiger partial charge in [0.1, 0.15) is 5.58 Å². The number of rotatable bonds is 3. The standard InChI is InChI=1S/C19H17N2.C17H10NO.Ir/c1-13(2)15-11-12-21-18-16(15)9-6-10-17(18)20-19(21)14-7-4-3-5-8-14;1-2-10-16-12(6-1)13-7-5-8-14(17(13)19-16)15-9-3-4-11-18-15;/h3-7,9-11,13H,12H2,1-2H3;1-7,9-11H;/q2*-1;. The third kappa shape index (κ3) is 4.82. The van der Waals surface area contributed by atoms with E-state index in [9.17, 15) is 0 Å². The van der Waals surface area contributed by atoms with Crippen molar-refractivity contribution >= 4 is 38.5 Å². The van der Waals surface area contributed by atoms with Crippen molar-refractivity contribution in [1.82, 2.24) is 14.5 Å². The topological polar surface area (TPSA) is 43.9 Å². The Morgan fingerprint density at radius 1 is 0.829 bits per heavy atom. The molecular formula is C36H27IrN3O-2. The van der Waals surface area contributed by atoms with Crippen LogP contribution in [0.2, 0.25) is 0 Å². The molecule has 0 N–H and O–H groups in total. The zero-order valence-electron chi connectivity index (χ0n) is 22.8. The van der Waals surface area contributed by atoms with E-state index in [1.54, 1.807) is 6.20 Å². The minimum atomic E-state index is 0. The minimum Gasteiger partial charge on any atom is -0.501 e. The smallest absolute Gasteiger partial charge is 0.120 e. The van der Waals surface area contributed by atoms with Gasteiger partial charge in [0.2, 0.25) is 0 Å². The first-order valence-corrected chi connectivity index (χ1v) is 13.6. The second-order valence-corrected chi connectivity index (χ2v) is 10.2. The van der Waals surface area contributed by atoms with E-state index in [-0.39, 0.29) is 20.1 Å². The van der Waals surface area contributed by atoms with Gasteiger partial charge >= 0.3 is 0 Å². The molecule has 0 saturated heterocycles. The molecular weight excluding hydrogens is 683 g/mol. The summed E-state index contributed by atoms with van der Waals surface area (Å²) in [4.78, 5) is 9.22. The van der Waals surface area contributed by atoms with Crippen molar-refractivity contribution in [3.05, 3.63) is 127 Å². The number of hydrogen-bond donors (Lipinski definition) is 0. The van der Waals surface area contributed by atoms with Crippen LogP contribution in [0, 0.1) is 18.1 Å². The second-order valence-electron chi connectivity index (χ2n) is 10.2. The van der Waals surface area contributed by atoms with Crippen molar-refractivity contribution in [2.45, 2.75) is 20.4 Å². The summed E-state index contributed by atoms with van der Waals surface area (Å²) in [6.07, 6.45) is 4.12. The third-order valence-electron chi connectivity index (χ3n) is 7.40. The van der Waals surface area contributed by atoms with Gasteiger partial charge in [0, 0.05) is 43.8 Å². The SMILES string of the molecule is CC(C)C1=CCn2c(-c3[c-]cccc3)nc3cccc1c32.[Ir].[c-]1ccc2c(oc3ccccc32)c1-c1ccccn1. The molecule has 41 heavy (non-hydrogen) atoms. The molecule has 0 bridgehead atoms. The van der Waals surface area contributed by atoms with Gasteiger partial charge < -0.3 is 14.0 Å². The summed E-state index contributed by atoms with van der Waals surface area (Å²) in [5, 5.41) is 2.23. The molecule has 1 aliphatic rings. The van der Waals surface area contributed by atoms with Crippen molar-refractivity contribution in [3.63, 3.8) is 0 Å². The molecule has 0 fully saturated rings. The zero-order valence-corrected chi connectivity index (χ0v) is 25.2. The van der Waals surface area contributed by atoms with E-state index in [1.807, 2.05) is 66.7 Å². The Bertz CT molecular complexity index is 2000. The number of allylic oxidation sites excluding steroid dienone is 2. The molecule has 7 aromatic rings. The third-order valence-corrected chi connectivity index (χ3v) is 7.40. The summed E-state index contributed by atoms with van der Waals surface area (Å²) in [5.74, 6) is 1.54. The van der Waals surface area contributed by atoms with Crippen LogP contribution in [0.1, 0.15) is 19.4 Å². The van der Waals surface area contributed by atoms with Crippen LogP contribution in [0.3, 0.4) is 0 Å². The monoisotopic (exact) mass is 710 g/mol. The van der Waals surface area contributed by atoms with Crippen molar-refractivity contribution < 1.29 is 24.5 Å². The van der Waals surface area contributed by atoms with Crippen LogP contribution in [0.5, 0.6) is 0 Å². The molecule has 4 aromatic carbocycles. The summed E-state index contributed by atoms with van der Waals surface area (Å²) in [6.45, 7) is 5.39. The van der Waals surface area contributed by atoms with Crippen LogP contribution in [0.4, 0.5) is 0 Å². The molecule has 4 heterocycles. The average Bonchev–Trinajstić information content (AvgIpc) is 3.58.